The minimum Gasteiger partial charge on any atom is -0.488 e. The fraction of sp³-hybridized carbons (Fsp3) is 0.349. The highest BCUT2D eigenvalue weighted by molar-refractivity contribution is 5.84. The zero-order chi connectivity index (χ0) is 38.9. The monoisotopic (exact) mass is 736 g/mol. The van der Waals surface area contributed by atoms with Gasteiger partial charge in [-0.05, 0) is 87.1 Å². The summed E-state index contributed by atoms with van der Waals surface area (Å²) in [6.45, 7) is 10.2. The van der Waals surface area contributed by atoms with E-state index in [1.54, 1.807) is 69.3 Å². The van der Waals surface area contributed by atoms with Crippen molar-refractivity contribution >= 4 is 24.1 Å². The third-order valence-corrected chi connectivity index (χ3v) is 8.30. The lowest BCUT2D eigenvalue weighted by Crippen LogP contribution is -2.49. The molecule has 2 amide bonds. The molecule has 11 nitrogen and oxygen atoms in total. The smallest absolute Gasteiger partial charge is 0.408 e. The van der Waals surface area contributed by atoms with Gasteiger partial charge in [-0.25, -0.2) is 19.2 Å². The van der Waals surface area contributed by atoms with E-state index in [2.05, 4.69) is 10.6 Å². The predicted molar refractivity (Wildman–Crippen MR) is 203 cm³/mol. The topological polar surface area (TPSA) is 138 Å². The van der Waals surface area contributed by atoms with E-state index in [0.29, 0.717) is 11.3 Å². The van der Waals surface area contributed by atoms with Gasteiger partial charge in [-0.2, -0.15) is 0 Å². The largest absolute Gasteiger partial charge is 0.488 e. The number of ether oxygens (including phenoxy) is 5. The second-order valence-corrected chi connectivity index (χ2v) is 15.0. The van der Waals surface area contributed by atoms with Crippen molar-refractivity contribution in [2.75, 3.05) is 13.2 Å². The van der Waals surface area contributed by atoms with Crippen molar-refractivity contribution in [3.05, 3.63) is 125 Å². The van der Waals surface area contributed by atoms with Crippen LogP contribution in [-0.4, -0.2) is 60.6 Å². The molecule has 0 saturated heterocycles. The summed E-state index contributed by atoms with van der Waals surface area (Å²) in [6, 6.07) is 29.5. The number of fused-ring (bicyclic) bond motifs is 3. The van der Waals surface area contributed by atoms with Crippen LogP contribution in [0.2, 0.25) is 0 Å². The number of alkyl carbamates (subject to hydrolysis) is 2. The lowest BCUT2D eigenvalue weighted by Gasteiger charge is -2.24. The molecule has 4 aromatic rings. The zero-order valence-corrected chi connectivity index (χ0v) is 31.5. The van der Waals surface area contributed by atoms with Crippen molar-refractivity contribution < 1.29 is 42.9 Å². The minimum absolute atomic E-state index is 0.0292. The summed E-state index contributed by atoms with van der Waals surface area (Å²) < 4.78 is 28.1. The molecule has 1 aliphatic rings. The zero-order valence-electron chi connectivity index (χ0n) is 31.5. The van der Waals surface area contributed by atoms with E-state index in [9.17, 15) is 19.2 Å². The highest BCUT2D eigenvalue weighted by Crippen LogP contribution is 2.44. The summed E-state index contributed by atoms with van der Waals surface area (Å²) in [5.41, 5.74) is 4.41. The minimum atomic E-state index is -1.41. The van der Waals surface area contributed by atoms with Crippen molar-refractivity contribution in [1.29, 1.82) is 0 Å². The van der Waals surface area contributed by atoms with Gasteiger partial charge >= 0.3 is 24.1 Å². The first kappa shape index (κ1) is 39.4. The number of hydrogen-bond acceptors (Lipinski definition) is 9. The van der Waals surface area contributed by atoms with Gasteiger partial charge in [-0.3, -0.25) is 0 Å². The number of amides is 2. The van der Waals surface area contributed by atoms with Crippen LogP contribution in [0.25, 0.3) is 11.1 Å². The van der Waals surface area contributed by atoms with Gasteiger partial charge < -0.3 is 34.3 Å². The summed E-state index contributed by atoms with van der Waals surface area (Å²) in [5.74, 6) is -1.25. The lowest BCUT2D eigenvalue weighted by molar-refractivity contribution is -0.154. The second kappa shape index (κ2) is 17.3. The number of hydrogen-bond donors (Lipinski definition) is 2. The molecule has 0 saturated carbocycles. The van der Waals surface area contributed by atoms with E-state index in [1.165, 1.54) is 0 Å². The van der Waals surface area contributed by atoms with Crippen molar-refractivity contribution in [3.8, 4) is 16.9 Å². The number of benzene rings is 4. The average molecular weight is 737 g/mol. The van der Waals surface area contributed by atoms with Gasteiger partial charge in [0.05, 0.1) is 0 Å². The standard InChI is InChI=1S/C43H48N2O9/c1-42(2,3)53-30-22-20-28(21-23-30)24-36(44-40(48)52-26-35-33-18-12-10-16-31(33)32-17-11-13-19-34(32)35)38(46)51-27-37(45-41(49)54-43(4,5)6)39(47)50-25-29-14-8-7-9-15-29/h7-23,35-37H,24-27H2,1-6H3,(H,44,48)(H,45,49)/t36-,37-/m0/s1. The summed E-state index contributed by atoms with van der Waals surface area (Å²) in [6.07, 6.45) is -1.69. The molecule has 0 aromatic heterocycles. The van der Waals surface area contributed by atoms with E-state index in [-0.39, 0.29) is 25.6 Å². The Kier molecular flexibility index (Phi) is 12.6. The van der Waals surface area contributed by atoms with Crippen LogP contribution in [0.4, 0.5) is 9.59 Å². The van der Waals surface area contributed by atoms with E-state index in [4.69, 9.17) is 23.7 Å². The first-order valence-corrected chi connectivity index (χ1v) is 17.9. The summed E-state index contributed by atoms with van der Waals surface area (Å²) >= 11 is 0. The lowest BCUT2D eigenvalue weighted by atomic mass is 9.98. The number of nitrogens with one attached hydrogen (secondary N) is 2. The van der Waals surface area contributed by atoms with E-state index < -0.39 is 54.0 Å². The fourth-order valence-electron chi connectivity index (χ4n) is 5.97. The maximum atomic E-state index is 13.7. The van der Waals surface area contributed by atoms with Crippen molar-refractivity contribution in [2.24, 2.45) is 0 Å². The predicted octanol–water partition coefficient (Wildman–Crippen LogP) is 7.49. The number of carbonyl (C=O) groups excluding carboxylic acids is 4. The first-order valence-electron chi connectivity index (χ1n) is 17.9. The molecule has 11 heteroatoms. The van der Waals surface area contributed by atoms with Gasteiger partial charge in [-0.1, -0.05) is 91.0 Å². The van der Waals surface area contributed by atoms with Crippen LogP contribution in [0.3, 0.4) is 0 Å². The Morgan fingerprint density at radius 3 is 1.74 bits per heavy atom. The van der Waals surface area contributed by atoms with Crippen LogP contribution < -0.4 is 15.4 Å². The van der Waals surface area contributed by atoms with Crippen molar-refractivity contribution in [3.63, 3.8) is 0 Å². The van der Waals surface area contributed by atoms with Gasteiger partial charge in [-0.15, -0.1) is 0 Å². The Morgan fingerprint density at radius 2 is 1.15 bits per heavy atom. The SMILES string of the molecule is CC(C)(C)OC(=O)N[C@@H](COC(=O)[C@H](Cc1ccc(OC(C)(C)C)cc1)NC(=O)OCC1c2ccccc2-c2ccccc21)C(=O)OCc1ccccc1. The normalized spacial score (nSPS) is 13.4. The fourth-order valence-corrected chi connectivity index (χ4v) is 5.97. The third kappa shape index (κ3) is 11.3. The van der Waals surface area contributed by atoms with E-state index >= 15 is 0 Å². The molecule has 0 spiro atoms. The quantitative estimate of drug-likeness (QED) is 0.106. The molecule has 1 aliphatic carbocycles. The Hall–Kier alpha value is -5.84. The van der Waals surface area contributed by atoms with Crippen LogP contribution in [0.1, 0.15) is 69.7 Å². The molecule has 54 heavy (non-hydrogen) atoms. The Morgan fingerprint density at radius 1 is 0.593 bits per heavy atom. The molecule has 0 aliphatic heterocycles. The number of esters is 2. The molecule has 2 N–H and O–H groups in total. The van der Waals surface area contributed by atoms with Crippen LogP contribution in [-0.2, 0) is 41.6 Å². The van der Waals surface area contributed by atoms with Gasteiger partial charge in [0.2, 0.25) is 0 Å². The highest BCUT2D eigenvalue weighted by Gasteiger charge is 2.32. The van der Waals surface area contributed by atoms with Gasteiger partial charge in [0.1, 0.15) is 42.8 Å². The van der Waals surface area contributed by atoms with E-state index in [1.807, 2.05) is 75.4 Å². The maximum absolute atomic E-state index is 13.7. The molecule has 284 valence electrons. The molecule has 5 rings (SSSR count). The number of rotatable bonds is 13. The highest BCUT2D eigenvalue weighted by atomic mass is 16.6. The van der Waals surface area contributed by atoms with Crippen molar-refractivity contribution in [2.45, 2.75) is 83.8 Å². The Labute approximate surface area is 316 Å². The molecule has 0 radical (unpaired) electrons. The number of carbonyl (C=O) groups is 4. The third-order valence-electron chi connectivity index (χ3n) is 8.30. The van der Waals surface area contributed by atoms with Gasteiger partial charge in [0, 0.05) is 12.3 Å². The molecule has 0 heterocycles. The summed E-state index contributed by atoms with van der Waals surface area (Å²) in [4.78, 5) is 53.0. The Balaban J connectivity index is 1.30. The summed E-state index contributed by atoms with van der Waals surface area (Å²) in [5, 5.41) is 5.11. The molecular weight excluding hydrogens is 688 g/mol. The van der Waals surface area contributed by atoms with Gasteiger partial charge in [0.25, 0.3) is 0 Å². The van der Waals surface area contributed by atoms with E-state index in [0.717, 1.165) is 27.8 Å². The molecule has 2 atom stereocenters. The van der Waals surface area contributed by atoms with Crippen LogP contribution in [0.15, 0.2) is 103 Å². The molecule has 0 fully saturated rings. The van der Waals surface area contributed by atoms with Crippen molar-refractivity contribution in [1.82, 2.24) is 10.6 Å². The second-order valence-electron chi connectivity index (χ2n) is 15.0. The molecule has 0 bridgehead atoms. The van der Waals surface area contributed by atoms with Crippen LogP contribution in [0, 0.1) is 0 Å². The summed E-state index contributed by atoms with van der Waals surface area (Å²) in [7, 11) is 0. The molecular formula is C43H48N2O9. The van der Waals surface area contributed by atoms with Crippen LogP contribution >= 0.6 is 0 Å². The average Bonchev–Trinajstić information content (AvgIpc) is 3.44. The maximum Gasteiger partial charge on any atom is 0.408 e. The Bertz CT molecular complexity index is 1870. The molecule has 0 unspecified atom stereocenters. The van der Waals surface area contributed by atoms with Crippen LogP contribution in [0.5, 0.6) is 5.75 Å². The van der Waals surface area contributed by atoms with Gasteiger partial charge in [0.15, 0.2) is 6.04 Å². The first-order chi connectivity index (χ1) is 25.6. The molecule has 4 aromatic carbocycles.